The van der Waals surface area contributed by atoms with E-state index in [1.165, 1.54) is 17.0 Å². The number of thiophene rings is 1. The summed E-state index contributed by atoms with van der Waals surface area (Å²) >= 11 is 1.73. The summed E-state index contributed by atoms with van der Waals surface area (Å²) in [5.74, 6) is -1.07. The summed E-state index contributed by atoms with van der Waals surface area (Å²) < 4.78 is 29.2. The summed E-state index contributed by atoms with van der Waals surface area (Å²) in [4.78, 5) is 6.71. The van der Waals surface area contributed by atoms with Crippen molar-refractivity contribution in [1.29, 1.82) is 0 Å². The van der Waals surface area contributed by atoms with Crippen molar-refractivity contribution in [3.63, 3.8) is 0 Å². The number of hydrogen-bond acceptors (Lipinski definition) is 7. The molecule has 31 heavy (non-hydrogen) atoms. The van der Waals surface area contributed by atoms with Gasteiger partial charge < -0.3 is 11.1 Å². The molecule has 7 nitrogen and oxygen atoms in total. The Morgan fingerprint density at radius 2 is 1.97 bits per heavy atom. The molecule has 0 unspecified atom stereocenters. The maximum atomic E-state index is 14.3. The molecular weight excluding hydrogens is 420 g/mol. The molecule has 0 saturated carbocycles. The van der Waals surface area contributed by atoms with Gasteiger partial charge in [0.2, 0.25) is 0 Å². The molecule has 0 aliphatic carbocycles. The molecule has 0 radical (unpaired) electrons. The predicted octanol–water partition coefficient (Wildman–Crippen LogP) is 3.78. The van der Waals surface area contributed by atoms with Crippen molar-refractivity contribution in [3.05, 3.63) is 59.1 Å². The van der Waals surface area contributed by atoms with Crippen LogP contribution < -0.4 is 11.1 Å². The highest BCUT2D eigenvalue weighted by atomic mass is 32.1. The second-order valence-corrected chi connectivity index (χ2v) is 8.49. The third kappa shape index (κ3) is 3.68. The minimum Gasteiger partial charge on any atom is -0.383 e. The molecule has 4 aromatic rings. The molecule has 0 amide bonds. The quantitative estimate of drug-likeness (QED) is 0.503. The average molecular weight is 439 g/mol. The van der Waals surface area contributed by atoms with Crippen molar-refractivity contribution in [2.24, 2.45) is 0 Å². The zero-order valence-corrected chi connectivity index (χ0v) is 17.2. The van der Waals surface area contributed by atoms with E-state index in [4.69, 9.17) is 5.73 Å². The van der Waals surface area contributed by atoms with E-state index in [0.29, 0.717) is 11.5 Å². The molecule has 1 fully saturated rings. The van der Waals surface area contributed by atoms with E-state index < -0.39 is 11.6 Å². The van der Waals surface area contributed by atoms with E-state index in [9.17, 15) is 8.78 Å². The lowest BCUT2D eigenvalue weighted by Crippen LogP contribution is -2.26. The number of rotatable bonds is 4. The number of nitrogen functional groups attached to an aromatic ring is 1. The minimum atomic E-state index is -1.04. The highest BCUT2D eigenvalue weighted by Gasteiger charge is 2.21. The van der Waals surface area contributed by atoms with E-state index in [0.717, 1.165) is 47.1 Å². The van der Waals surface area contributed by atoms with Gasteiger partial charge in [-0.25, -0.2) is 13.8 Å². The van der Waals surface area contributed by atoms with Crippen LogP contribution in [0, 0.1) is 11.6 Å². The highest BCUT2D eigenvalue weighted by molar-refractivity contribution is 7.15. The average Bonchev–Trinajstić information content (AvgIpc) is 3.47. The Morgan fingerprint density at radius 3 is 2.81 bits per heavy atom. The summed E-state index contributed by atoms with van der Waals surface area (Å²) in [6, 6.07) is 9.91. The number of halogens is 2. The van der Waals surface area contributed by atoms with Crippen LogP contribution in [0.25, 0.3) is 27.5 Å². The molecule has 0 bridgehead atoms. The first-order valence-corrected chi connectivity index (χ1v) is 10.7. The molecule has 0 atom stereocenters. The number of benzene rings is 1. The van der Waals surface area contributed by atoms with Crippen LogP contribution in [0.15, 0.2) is 42.6 Å². The number of nitrogens with two attached hydrogens (primary N) is 1. The van der Waals surface area contributed by atoms with E-state index >= 15 is 0 Å². The van der Waals surface area contributed by atoms with Crippen molar-refractivity contribution in [3.8, 4) is 27.5 Å². The van der Waals surface area contributed by atoms with Gasteiger partial charge in [0.1, 0.15) is 11.5 Å². The SMILES string of the molecule is Nc1ncc(-c2ccc(C3CCNCC3)s2)cc1-c1nnnn1-c1cccc(F)c1F. The fourth-order valence-corrected chi connectivity index (χ4v) is 4.95. The summed E-state index contributed by atoms with van der Waals surface area (Å²) in [6.07, 6.45) is 3.95. The van der Waals surface area contributed by atoms with Crippen LogP contribution in [-0.2, 0) is 0 Å². The number of piperidine rings is 1. The van der Waals surface area contributed by atoms with Crippen LogP contribution in [0.5, 0.6) is 0 Å². The molecule has 1 saturated heterocycles. The predicted molar refractivity (Wildman–Crippen MR) is 115 cm³/mol. The second kappa shape index (κ2) is 8.12. The van der Waals surface area contributed by atoms with Gasteiger partial charge in [0.15, 0.2) is 17.5 Å². The van der Waals surface area contributed by atoms with Gasteiger partial charge in [0, 0.05) is 21.5 Å². The third-order valence-electron chi connectivity index (χ3n) is 5.44. The van der Waals surface area contributed by atoms with Crippen LogP contribution >= 0.6 is 11.3 Å². The van der Waals surface area contributed by atoms with Crippen molar-refractivity contribution in [2.45, 2.75) is 18.8 Å². The molecule has 0 spiro atoms. The van der Waals surface area contributed by atoms with Crippen molar-refractivity contribution < 1.29 is 8.78 Å². The van der Waals surface area contributed by atoms with Gasteiger partial charge >= 0.3 is 0 Å². The standard InChI is InChI=1S/C21H19F2N7S/c22-15-2-1-3-16(19(15)23)30-21(27-28-29-30)14-10-13(11-26-20(14)24)18-5-4-17(31-18)12-6-8-25-9-7-12/h1-5,10-12,25H,6-9H2,(H2,24,26). The molecular formula is C21H19F2N7S. The molecule has 3 N–H and O–H groups in total. The number of tetrazole rings is 1. The fourth-order valence-electron chi connectivity index (χ4n) is 3.80. The summed E-state index contributed by atoms with van der Waals surface area (Å²) in [5.41, 5.74) is 7.31. The molecule has 1 aliphatic heterocycles. The van der Waals surface area contributed by atoms with Gasteiger partial charge in [0.25, 0.3) is 0 Å². The first-order valence-electron chi connectivity index (χ1n) is 9.91. The number of nitrogens with zero attached hydrogens (tertiary/aromatic N) is 5. The topological polar surface area (TPSA) is 94.5 Å². The second-order valence-electron chi connectivity index (χ2n) is 7.37. The van der Waals surface area contributed by atoms with E-state index in [-0.39, 0.29) is 17.3 Å². The molecule has 1 aromatic carbocycles. The minimum absolute atomic E-state index is 0.103. The Bertz CT molecular complexity index is 1230. The van der Waals surface area contributed by atoms with Gasteiger partial charge in [-0.2, -0.15) is 4.68 Å². The van der Waals surface area contributed by atoms with E-state index in [1.807, 2.05) is 6.07 Å². The molecule has 10 heteroatoms. The Labute approximate surface area is 180 Å². The van der Waals surface area contributed by atoms with Gasteiger partial charge in [-0.1, -0.05) is 6.07 Å². The number of anilines is 1. The Kier molecular flexibility index (Phi) is 5.16. The summed E-state index contributed by atoms with van der Waals surface area (Å²) in [5, 5.41) is 14.9. The van der Waals surface area contributed by atoms with E-state index in [1.54, 1.807) is 17.5 Å². The Balaban J connectivity index is 1.53. The normalized spacial score (nSPS) is 14.8. The largest absolute Gasteiger partial charge is 0.383 e. The molecule has 1 aliphatic rings. The summed E-state index contributed by atoms with van der Waals surface area (Å²) in [7, 11) is 0. The highest BCUT2D eigenvalue weighted by Crippen LogP contribution is 2.37. The zero-order valence-electron chi connectivity index (χ0n) is 16.4. The number of hydrogen-bond donors (Lipinski definition) is 2. The van der Waals surface area contributed by atoms with Crippen LogP contribution in [0.1, 0.15) is 23.6 Å². The third-order valence-corrected chi connectivity index (χ3v) is 6.74. The Morgan fingerprint density at radius 1 is 1.13 bits per heavy atom. The van der Waals surface area contributed by atoms with Crippen LogP contribution in [0.3, 0.4) is 0 Å². The van der Waals surface area contributed by atoms with Gasteiger partial charge in [-0.05, 0) is 72.6 Å². The van der Waals surface area contributed by atoms with Crippen LogP contribution in [0.4, 0.5) is 14.6 Å². The lowest BCUT2D eigenvalue weighted by Gasteiger charge is -2.21. The van der Waals surface area contributed by atoms with Gasteiger partial charge in [0.05, 0.1) is 5.56 Å². The number of nitrogens with one attached hydrogen (secondary N) is 1. The zero-order chi connectivity index (χ0) is 21.4. The maximum absolute atomic E-state index is 14.3. The Hall–Kier alpha value is -3.24. The van der Waals surface area contributed by atoms with Gasteiger partial charge in [-0.3, -0.25) is 0 Å². The molecule has 3 aromatic heterocycles. The van der Waals surface area contributed by atoms with Crippen LogP contribution in [-0.4, -0.2) is 38.3 Å². The van der Waals surface area contributed by atoms with Crippen molar-refractivity contribution in [2.75, 3.05) is 18.8 Å². The molecule has 4 heterocycles. The van der Waals surface area contributed by atoms with Crippen LogP contribution in [0.2, 0.25) is 0 Å². The lowest BCUT2D eigenvalue weighted by molar-refractivity contribution is 0.465. The molecule has 158 valence electrons. The number of pyridine rings is 1. The summed E-state index contributed by atoms with van der Waals surface area (Å²) in [6.45, 7) is 2.07. The first-order chi connectivity index (χ1) is 15.1. The van der Waals surface area contributed by atoms with Crippen molar-refractivity contribution in [1.82, 2.24) is 30.5 Å². The maximum Gasteiger partial charge on any atom is 0.190 e. The fraction of sp³-hybridized carbons (Fsp3) is 0.238. The molecule has 5 rings (SSSR count). The monoisotopic (exact) mass is 439 g/mol. The number of aromatic nitrogens is 5. The van der Waals surface area contributed by atoms with E-state index in [2.05, 4.69) is 38.0 Å². The van der Waals surface area contributed by atoms with Crippen molar-refractivity contribution >= 4 is 17.2 Å². The lowest BCUT2D eigenvalue weighted by atomic mass is 9.97. The van der Waals surface area contributed by atoms with Gasteiger partial charge in [-0.15, -0.1) is 16.4 Å². The smallest absolute Gasteiger partial charge is 0.190 e. The first kappa shape index (κ1) is 19.7.